The highest BCUT2D eigenvalue weighted by atomic mass is 16.2. The number of nitrogens with one attached hydrogen (secondary N) is 2. The second-order valence-electron chi connectivity index (χ2n) is 4.16. The quantitative estimate of drug-likeness (QED) is 0.683. The summed E-state index contributed by atoms with van der Waals surface area (Å²) in [4.78, 5) is 11.6. The molecule has 0 heterocycles. The number of carbonyl (C=O) groups excluding carboxylic acids is 1. The second kappa shape index (κ2) is 6.02. The lowest BCUT2D eigenvalue weighted by molar-refractivity contribution is -0.126. The van der Waals surface area contributed by atoms with Crippen LogP contribution in [-0.2, 0) is 4.79 Å². The minimum absolute atomic E-state index is 0.0725. The first-order chi connectivity index (χ1) is 6.50. The summed E-state index contributed by atoms with van der Waals surface area (Å²) in [5, 5.41) is 6.03. The summed E-state index contributed by atoms with van der Waals surface area (Å²) in [5.74, 6) is 0.689. The molecule has 0 spiro atoms. The molecule has 2 N–H and O–H groups in total. The minimum Gasteiger partial charge on any atom is -0.358 e. The van der Waals surface area contributed by atoms with Crippen molar-refractivity contribution in [3.63, 3.8) is 0 Å². The van der Waals surface area contributed by atoms with Gasteiger partial charge in [0.1, 0.15) is 0 Å². The third-order valence-corrected chi connectivity index (χ3v) is 2.97. The Labute approximate surface area is 87.6 Å². The first kappa shape index (κ1) is 13.4. The van der Waals surface area contributed by atoms with Crippen molar-refractivity contribution in [1.82, 2.24) is 10.6 Å². The summed E-state index contributed by atoms with van der Waals surface area (Å²) in [6.45, 7) is 9.23. The summed E-state index contributed by atoms with van der Waals surface area (Å²) in [6.07, 6.45) is 1.95. The molecular weight excluding hydrogens is 176 g/mol. The summed E-state index contributed by atoms with van der Waals surface area (Å²) in [5.41, 5.74) is -0.418. The van der Waals surface area contributed by atoms with E-state index in [4.69, 9.17) is 0 Å². The van der Waals surface area contributed by atoms with E-state index in [1.807, 2.05) is 13.8 Å². The summed E-state index contributed by atoms with van der Waals surface area (Å²) < 4.78 is 0. The van der Waals surface area contributed by atoms with Gasteiger partial charge >= 0.3 is 0 Å². The predicted molar refractivity (Wildman–Crippen MR) is 60.2 cm³/mol. The topological polar surface area (TPSA) is 41.1 Å². The van der Waals surface area contributed by atoms with Gasteiger partial charge in [0.15, 0.2) is 0 Å². The van der Waals surface area contributed by atoms with E-state index in [9.17, 15) is 4.79 Å². The molecule has 84 valence electrons. The van der Waals surface area contributed by atoms with Crippen molar-refractivity contribution in [2.75, 3.05) is 13.6 Å². The molecule has 0 aliphatic heterocycles. The van der Waals surface area contributed by atoms with Gasteiger partial charge in [-0.3, -0.25) is 4.79 Å². The molecule has 0 aliphatic carbocycles. The Kier molecular flexibility index (Phi) is 5.77. The van der Waals surface area contributed by atoms with Gasteiger partial charge in [-0.1, -0.05) is 27.2 Å². The van der Waals surface area contributed by atoms with Crippen LogP contribution in [0, 0.1) is 5.92 Å². The highest BCUT2D eigenvalue weighted by Gasteiger charge is 2.29. The molecule has 1 amide bonds. The molecule has 0 aromatic carbocycles. The monoisotopic (exact) mass is 200 g/mol. The highest BCUT2D eigenvalue weighted by Crippen LogP contribution is 2.10. The third kappa shape index (κ3) is 3.66. The zero-order valence-electron chi connectivity index (χ0n) is 10.1. The lowest BCUT2D eigenvalue weighted by Gasteiger charge is -2.29. The van der Waals surface area contributed by atoms with Gasteiger partial charge in [-0.15, -0.1) is 0 Å². The standard InChI is InChI=1S/C11H24N2O/c1-6-9(3)8-13-11(4,7-2)10(14)12-5/h9,13H,6-8H2,1-5H3,(H,12,14). The fourth-order valence-corrected chi connectivity index (χ4v) is 1.19. The van der Waals surface area contributed by atoms with Crippen molar-refractivity contribution >= 4 is 5.91 Å². The van der Waals surface area contributed by atoms with Crippen molar-refractivity contribution in [2.24, 2.45) is 5.92 Å². The van der Waals surface area contributed by atoms with Crippen LogP contribution in [0.1, 0.15) is 40.5 Å². The van der Waals surface area contributed by atoms with E-state index in [-0.39, 0.29) is 5.91 Å². The van der Waals surface area contributed by atoms with Crippen molar-refractivity contribution in [1.29, 1.82) is 0 Å². The normalized spacial score (nSPS) is 17.2. The average molecular weight is 200 g/mol. The Balaban J connectivity index is 4.19. The van der Waals surface area contributed by atoms with E-state index >= 15 is 0 Å². The van der Waals surface area contributed by atoms with Gasteiger partial charge in [0.25, 0.3) is 0 Å². The average Bonchev–Trinajstić information content (AvgIpc) is 2.23. The predicted octanol–water partition coefficient (Wildman–Crippen LogP) is 1.54. The number of likely N-dealkylation sites (N-methyl/N-ethyl adjacent to an activating group) is 1. The van der Waals surface area contributed by atoms with Crippen LogP contribution in [0.3, 0.4) is 0 Å². The molecule has 0 aromatic rings. The highest BCUT2D eigenvalue weighted by molar-refractivity contribution is 5.85. The molecule has 0 fully saturated rings. The zero-order chi connectivity index (χ0) is 11.2. The van der Waals surface area contributed by atoms with Crippen LogP contribution in [0.5, 0.6) is 0 Å². The summed E-state index contributed by atoms with van der Waals surface area (Å²) in [6, 6.07) is 0. The van der Waals surface area contributed by atoms with Crippen LogP contribution in [0.15, 0.2) is 0 Å². The van der Waals surface area contributed by atoms with Crippen LogP contribution in [0.25, 0.3) is 0 Å². The molecule has 0 aliphatic rings. The third-order valence-electron chi connectivity index (χ3n) is 2.97. The molecule has 0 saturated heterocycles. The van der Waals surface area contributed by atoms with E-state index < -0.39 is 5.54 Å². The van der Waals surface area contributed by atoms with E-state index in [1.54, 1.807) is 7.05 Å². The number of amides is 1. The number of carbonyl (C=O) groups is 1. The van der Waals surface area contributed by atoms with Gasteiger partial charge in [-0.25, -0.2) is 0 Å². The van der Waals surface area contributed by atoms with E-state index in [0.717, 1.165) is 19.4 Å². The van der Waals surface area contributed by atoms with Gasteiger partial charge in [-0.2, -0.15) is 0 Å². The Morgan fingerprint density at radius 2 is 2.00 bits per heavy atom. The van der Waals surface area contributed by atoms with Crippen molar-refractivity contribution < 1.29 is 4.79 Å². The maximum atomic E-state index is 11.6. The second-order valence-corrected chi connectivity index (χ2v) is 4.16. The van der Waals surface area contributed by atoms with Crippen LogP contribution >= 0.6 is 0 Å². The smallest absolute Gasteiger partial charge is 0.239 e. The summed E-state index contributed by atoms with van der Waals surface area (Å²) >= 11 is 0. The van der Waals surface area contributed by atoms with Crippen LogP contribution in [0.4, 0.5) is 0 Å². The lowest BCUT2D eigenvalue weighted by Crippen LogP contribution is -2.54. The van der Waals surface area contributed by atoms with Gasteiger partial charge < -0.3 is 10.6 Å². The van der Waals surface area contributed by atoms with Gasteiger partial charge in [0.05, 0.1) is 5.54 Å². The van der Waals surface area contributed by atoms with E-state index in [0.29, 0.717) is 5.92 Å². The molecule has 3 nitrogen and oxygen atoms in total. The Morgan fingerprint density at radius 3 is 2.36 bits per heavy atom. The Hall–Kier alpha value is -0.570. The molecule has 0 bridgehead atoms. The molecule has 0 aromatic heterocycles. The first-order valence-electron chi connectivity index (χ1n) is 5.47. The largest absolute Gasteiger partial charge is 0.358 e. The molecular formula is C11H24N2O. The number of rotatable bonds is 6. The first-order valence-corrected chi connectivity index (χ1v) is 5.47. The van der Waals surface area contributed by atoms with Crippen LogP contribution in [0.2, 0.25) is 0 Å². The molecule has 0 rings (SSSR count). The van der Waals surface area contributed by atoms with Crippen molar-refractivity contribution in [3.8, 4) is 0 Å². The maximum Gasteiger partial charge on any atom is 0.239 e. The van der Waals surface area contributed by atoms with Gasteiger partial charge in [0.2, 0.25) is 5.91 Å². The van der Waals surface area contributed by atoms with Crippen molar-refractivity contribution in [2.45, 2.75) is 46.1 Å². The fourth-order valence-electron chi connectivity index (χ4n) is 1.19. The number of hydrogen-bond acceptors (Lipinski definition) is 2. The zero-order valence-corrected chi connectivity index (χ0v) is 10.1. The maximum absolute atomic E-state index is 11.6. The van der Waals surface area contributed by atoms with E-state index in [1.165, 1.54) is 0 Å². The fraction of sp³-hybridized carbons (Fsp3) is 0.909. The number of hydrogen-bond donors (Lipinski definition) is 2. The SMILES string of the molecule is CCC(C)CNC(C)(CC)C(=O)NC. The Bertz CT molecular complexity index is 182. The van der Waals surface area contributed by atoms with Crippen LogP contribution < -0.4 is 10.6 Å². The molecule has 2 unspecified atom stereocenters. The molecule has 3 heteroatoms. The molecule has 0 radical (unpaired) electrons. The molecule has 14 heavy (non-hydrogen) atoms. The van der Waals surface area contributed by atoms with Gasteiger partial charge in [-0.05, 0) is 25.8 Å². The molecule has 0 saturated carbocycles. The van der Waals surface area contributed by atoms with Gasteiger partial charge in [0, 0.05) is 7.05 Å². The van der Waals surface area contributed by atoms with E-state index in [2.05, 4.69) is 24.5 Å². The lowest BCUT2D eigenvalue weighted by atomic mass is 9.96. The minimum atomic E-state index is -0.418. The summed E-state index contributed by atoms with van der Waals surface area (Å²) in [7, 11) is 1.68. The van der Waals surface area contributed by atoms with Crippen LogP contribution in [-0.4, -0.2) is 25.0 Å². The van der Waals surface area contributed by atoms with Crippen molar-refractivity contribution in [3.05, 3.63) is 0 Å². The molecule has 2 atom stereocenters. The Morgan fingerprint density at radius 1 is 1.43 bits per heavy atom.